The maximum Gasteiger partial charge on any atom is 0.267 e. The second-order valence-electron chi connectivity index (χ2n) is 10.1. The third kappa shape index (κ3) is 5.46. The van der Waals surface area contributed by atoms with E-state index in [-0.39, 0.29) is 16.4 Å². The first kappa shape index (κ1) is 28.5. The van der Waals surface area contributed by atoms with Gasteiger partial charge in [-0.15, -0.1) is 0 Å². The van der Waals surface area contributed by atoms with Crippen molar-refractivity contribution in [3.8, 4) is 34.1 Å². The number of anilines is 1. The van der Waals surface area contributed by atoms with E-state index < -0.39 is 11.7 Å². The lowest BCUT2D eigenvalue weighted by Crippen LogP contribution is -2.13. The van der Waals surface area contributed by atoms with Crippen LogP contribution in [-0.4, -0.2) is 41.8 Å². The predicted molar refractivity (Wildman–Crippen MR) is 169 cm³/mol. The molecule has 1 amide bonds. The number of aromatic hydroxyl groups is 1. The first-order chi connectivity index (χ1) is 21.3. The summed E-state index contributed by atoms with van der Waals surface area (Å²) in [4.78, 5) is 38.7. The Bertz CT molecular complexity index is 2040. The van der Waals surface area contributed by atoms with Crippen molar-refractivity contribution in [2.24, 2.45) is 5.73 Å². The van der Waals surface area contributed by atoms with Gasteiger partial charge in [0.15, 0.2) is 28.7 Å². The molecular weight excluding hydrogens is 578 g/mol. The van der Waals surface area contributed by atoms with Crippen molar-refractivity contribution in [3.05, 3.63) is 113 Å². The molecule has 0 spiro atoms. The molecule has 0 saturated carbocycles. The maximum atomic E-state index is 10.6. The molecule has 4 heterocycles. The number of hydrogen-bond donors (Lipinski definition) is 3. The lowest BCUT2D eigenvalue weighted by molar-refractivity contribution is 0.0995. The van der Waals surface area contributed by atoms with Crippen molar-refractivity contribution in [1.82, 2.24) is 24.5 Å². The number of pyridine rings is 3. The third-order valence-electron chi connectivity index (χ3n) is 7.35. The highest BCUT2D eigenvalue weighted by molar-refractivity contribution is 6.31. The van der Waals surface area contributed by atoms with Crippen LogP contribution in [0.4, 0.5) is 5.82 Å². The first-order valence-electron chi connectivity index (χ1n) is 13.8. The number of halogens is 1. The molecule has 0 bridgehead atoms. The summed E-state index contributed by atoms with van der Waals surface area (Å²) in [5, 5.41) is 8.81. The minimum absolute atomic E-state index is 0.117. The zero-order valence-electron chi connectivity index (χ0n) is 23.3. The van der Waals surface area contributed by atoms with Gasteiger partial charge >= 0.3 is 0 Å². The predicted octanol–water partition coefficient (Wildman–Crippen LogP) is 5.57. The number of amides is 1. The molecule has 10 nitrogen and oxygen atoms in total. The highest BCUT2D eigenvalue weighted by Gasteiger charge is 2.20. The van der Waals surface area contributed by atoms with Gasteiger partial charge in [0.05, 0.1) is 16.8 Å². The van der Waals surface area contributed by atoms with Crippen LogP contribution in [0.1, 0.15) is 38.4 Å². The molecule has 44 heavy (non-hydrogen) atoms. The van der Waals surface area contributed by atoms with Crippen LogP contribution in [0.25, 0.3) is 39.5 Å². The molecular formula is C33H26ClN7O3. The van der Waals surface area contributed by atoms with Crippen LogP contribution in [0, 0.1) is 0 Å². The summed E-state index contributed by atoms with van der Waals surface area (Å²) in [6, 6.07) is 25.9. The number of benzene rings is 2. The van der Waals surface area contributed by atoms with Gasteiger partial charge in [0.25, 0.3) is 5.91 Å². The number of hydrogen-bond acceptors (Lipinski definition) is 8. The average Bonchev–Trinajstić information content (AvgIpc) is 3.67. The van der Waals surface area contributed by atoms with Crippen LogP contribution >= 0.6 is 11.6 Å². The number of fused-ring (bicyclic) bond motifs is 2. The fourth-order valence-electron chi connectivity index (χ4n) is 5.20. The zero-order valence-corrected chi connectivity index (χ0v) is 24.1. The number of primary amides is 1. The van der Waals surface area contributed by atoms with Gasteiger partial charge in [-0.1, -0.05) is 48.0 Å². The molecule has 2 aromatic carbocycles. The summed E-state index contributed by atoms with van der Waals surface area (Å²) >= 11 is 5.41. The van der Waals surface area contributed by atoms with E-state index in [0.717, 1.165) is 58.4 Å². The Morgan fingerprint density at radius 2 is 1.73 bits per heavy atom. The summed E-state index contributed by atoms with van der Waals surface area (Å²) in [6.07, 6.45) is 5.53. The molecule has 0 aliphatic heterocycles. The fraction of sp³-hybridized carbons (Fsp3) is 0.0909. The van der Waals surface area contributed by atoms with E-state index in [1.54, 1.807) is 6.20 Å². The van der Waals surface area contributed by atoms with Gasteiger partial charge in [-0.3, -0.25) is 14.2 Å². The average molecular weight is 604 g/mol. The topological polar surface area (TPSA) is 163 Å². The summed E-state index contributed by atoms with van der Waals surface area (Å²) < 4.78 is 2.12. The van der Waals surface area contributed by atoms with Gasteiger partial charge in [-0.25, -0.2) is 19.9 Å². The van der Waals surface area contributed by atoms with Crippen LogP contribution in [0.5, 0.6) is 5.75 Å². The molecule has 0 radical (unpaired) electrons. The molecule has 1 aliphatic carbocycles. The zero-order chi connectivity index (χ0) is 30.8. The number of imidazole rings is 1. The van der Waals surface area contributed by atoms with Crippen molar-refractivity contribution in [3.63, 3.8) is 0 Å². The largest absolute Gasteiger partial charge is 0.504 e. The lowest BCUT2D eigenvalue weighted by Gasteiger charge is -2.12. The van der Waals surface area contributed by atoms with Gasteiger partial charge in [0.1, 0.15) is 17.0 Å². The number of aromatic nitrogens is 5. The Morgan fingerprint density at radius 3 is 2.48 bits per heavy atom. The van der Waals surface area contributed by atoms with Gasteiger partial charge < -0.3 is 16.6 Å². The van der Waals surface area contributed by atoms with E-state index in [1.807, 2.05) is 42.5 Å². The molecule has 5 N–H and O–H groups in total. The smallest absolute Gasteiger partial charge is 0.267 e. The quantitative estimate of drug-likeness (QED) is 0.170. The van der Waals surface area contributed by atoms with Gasteiger partial charge in [-0.05, 0) is 72.9 Å². The van der Waals surface area contributed by atoms with Gasteiger partial charge in [0.2, 0.25) is 0 Å². The van der Waals surface area contributed by atoms with Crippen molar-refractivity contribution < 1.29 is 14.7 Å². The number of nitrogens with zero attached hydrogens (tertiary/aromatic N) is 5. The van der Waals surface area contributed by atoms with Gasteiger partial charge in [0, 0.05) is 17.4 Å². The molecule has 0 atom stereocenters. The van der Waals surface area contributed by atoms with Crippen LogP contribution < -0.4 is 11.5 Å². The van der Waals surface area contributed by atoms with Crippen molar-refractivity contribution >= 4 is 40.8 Å². The SMILES string of the molecule is NC(=O)c1cc(C=O)c(O)c(Cl)n1.Nc1ncccc1-c1nc2ccc(-c3ccccc3)nc2n1-c1ccc2c(c1)CCC2. The summed E-state index contributed by atoms with van der Waals surface area (Å²) in [5.74, 6) is -0.0496. The Labute approximate surface area is 257 Å². The first-order valence-corrected chi connectivity index (χ1v) is 14.1. The number of nitrogens with two attached hydrogens (primary N) is 2. The van der Waals surface area contributed by atoms with Gasteiger partial charge in [-0.2, -0.15) is 0 Å². The number of aryl methyl sites for hydroxylation is 2. The molecule has 11 heteroatoms. The van der Waals surface area contributed by atoms with Crippen molar-refractivity contribution in [2.75, 3.05) is 5.73 Å². The molecule has 0 fully saturated rings. The molecule has 0 saturated heterocycles. The standard InChI is InChI=1S/C26H21N5.C7H5ClN2O3/c27-24-21(10-5-15-28-24)25-30-23-14-13-22(18-6-2-1-3-7-18)29-26(23)31(25)20-12-11-17-8-4-9-19(17)16-20;8-6-5(12)3(2-11)1-4(10-6)7(9)13/h1-3,5-7,10-16H,4,8-9H2,(H2,27,28);1-2,12H,(H2,9,13). The van der Waals surface area contributed by atoms with Crippen molar-refractivity contribution in [1.29, 1.82) is 0 Å². The van der Waals surface area contributed by atoms with E-state index in [1.165, 1.54) is 17.5 Å². The highest BCUT2D eigenvalue weighted by Crippen LogP contribution is 2.33. The van der Waals surface area contributed by atoms with E-state index >= 15 is 0 Å². The fourth-order valence-corrected chi connectivity index (χ4v) is 5.40. The Balaban J connectivity index is 0.000000223. The molecule has 0 unspecified atom stereocenters. The number of carbonyl (C=O) groups excluding carboxylic acids is 2. The molecule has 1 aliphatic rings. The summed E-state index contributed by atoms with van der Waals surface area (Å²) in [5.41, 5.74) is 19.2. The summed E-state index contributed by atoms with van der Waals surface area (Å²) in [7, 11) is 0. The maximum absolute atomic E-state index is 10.6. The van der Waals surface area contributed by atoms with E-state index in [0.29, 0.717) is 12.1 Å². The summed E-state index contributed by atoms with van der Waals surface area (Å²) in [6.45, 7) is 0. The van der Waals surface area contributed by atoms with E-state index in [2.05, 4.69) is 44.9 Å². The van der Waals surface area contributed by atoms with Crippen molar-refractivity contribution in [2.45, 2.75) is 19.3 Å². The second-order valence-corrected chi connectivity index (χ2v) is 10.5. The Hall–Kier alpha value is -5.61. The minimum Gasteiger partial charge on any atom is -0.504 e. The lowest BCUT2D eigenvalue weighted by atomic mass is 10.1. The molecule has 7 rings (SSSR count). The van der Waals surface area contributed by atoms with Crippen LogP contribution in [0.3, 0.4) is 0 Å². The number of rotatable bonds is 5. The van der Waals surface area contributed by atoms with Crippen LogP contribution in [-0.2, 0) is 12.8 Å². The Morgan fingerprint density at radius 1 is 0.932 bits per heavy atom. The minimum atomic E-state index is -0.815. The van der Waals surface area contributed by atoms with E-state index in [4.69, 9.17) is 38.1 Å². The Kier molecular flexibility index (Phi) is 7.74. The third-order valence-corrected chi connectivity index (χ3v) is 7.62. The molecule has 218 valence electrons. The highest BCUT2D eigenvalue weighted by atomic mass is 35.5. The number of carbonyl (C=O) groups is 2. The van der Waals surface area contributed by atoms with Crippen LogP contribution in [0.15, 0.2) is 85.1 Å². The molecule has 6 aromatic rings. The van der Waals surface area contributed by atoms with Crippen LogP contribution in [0.2, 0.25) is 5.15 Å². The second kappa shape index (κ2) is 11.9. The molecule has 4 aromatic heterocycles. The monoisotopic (exact) mass is 603 g/mol. The number of nitrogen functional groups attached to an aromatic ring is 1. The normalized spacial score (nSPS) is 11.9. The van der Waals surface area contributed by atoms with E-state index in [9.17, 15) is 9.59 Å². The number of aldehydes is 1.